The highest BCUT2D eigenvalue weighted by Crippen LogP contribution is 2.28. The standard InChI is InChI=1S/C15H14BrN3O/c1-2-7-17-15-6-4-12(18-19-15)14-9-10-8-11(16)3-5-13(10)20-14/h3-6,8-9H,2,7H2,1H3,(H,17,19). The molecule has 0 unspecified atom stereocenters. The molecule has 5 heteroatoms. The number of benzene rings is 1. The minimum Gasteiger partial charge on any atom is -0.454 e. The smallest absolute Gasteiger partial charge is 0.155 e. The summed E-state index contributed by atoms with van der Waals surface area (Å²) in [5.41, 5.74) is 1.58. The average molecular weight is 332 g/mol. The molecule has 0 aliphatic carbocycles. The van der Waals surface area contributed by atoms with Gasteiger partial charge < -0.3 is 9.73 Å². The normalized spacial score (nSPS) is 10.9. The van der Waals surface area contributed by atoms with E-state index in [1.165, 1.54) is 0 Å². The molecule has 0 saturated carbocycles. The number of nitrogens with one attached hydrogen (secondary N) is 1. The van der Waals surface area contributed by atoms with E-state index < -0.39 is 0 Å². The van der Waals surface area contributed by atoms with Gasteiger partial charge in [0.1, 0.15) is 17.1 Å². The highest BCUT2D eigenvalue weighted by atomic mass is 79.9. The van der Waals surface area contributed by atoms with Crippen molar-refractivity contribution in [1.82, 2.24) is 10.2 Å². The minimum absolute atomic E-state index is 0.729. The van der Waals surface area contributed by atoms with Gasteiger partial charge in [-0.25, -0.2) is 0 Å². The first-order valence-corrected chi connectivity index (χ1v) is 7.32. The molecule has 0 aliphatic heterocycles. The summed E-state index contributed by atoms with van der Waals surface area (Å²) in [7, 11) is 0. The lowest BCUT2D eigenvalue weighted by molar-refractivity contribution is 0.627. The second kappa shape index (κ2) is 5.63. The van der Waals surface area contributed by atoms with Crippen LogP contribution in [0.1, 0.15) is 13.3 Å². The molecule has 102 valence electrons. The second-order valence-electron chi connectivity index (χ2n) is 4.52. The Morgan fingerprint density at radius 1 is 1.15 bits per heavy atom. The molecule has 2 aromatic heterocycles. The zero-order chi connectivity index (χ0) is 13.9. The van der Waals surface area contributed by atoms with Crippen LogP contribution in [0.25, 0.3) is 22.4 Å². The Morgan fingerprint density at radius 3 is 2.80 bits per heavy atom. The summed E-state index contributed by atoms with van der Waals surface area (Å²) in [5, 5.41) is 12.6. The molecule has 0 amide bonds. The SMILES string of the molecule is CCCNc1ccc(-c2cc3cc(Br)ccc3o2)nn1. The van der Waals surface area contributed by atoms with Gasteiger partial charge in [-0.05, 0) is 42.8 Å². The van der Waals surface area contributed by atoms with Gasteiger partial charge in [0.25, 0.3) is 0 Å². The Labute approximate surface area is 125 Å². The average Bonchev–Trinajstić information content (AvgIpc) is 2.88. The van der Waals surface area contributed by atoms with Crippen LogP contribution in [-0.4, -0.2) is 16.7 Å². The molecule has 4 nitrogen and oxygen atoms in total. The van der Waals surface area contributed by atoms with Crippen LogP contribution in [0.15, 0.2) is 45.3 Å². The van der Waals surface area contributed by atoms with Gasteiger partial charge >= 0.3 is 0 Å². The first-order chi connectivity index (χ1) is 9.76. The molecule has 0 fully saturated rings. The molecule has 0 atom stereocenters. The summed E-state index contributed by atoms with van der Waals surface area (Å²) in [5.74, 6) is 1.52. The van der Waals surface area contributed by atoms with Crippen LogP contribution in [0.2, 0.25) is 0 Å². The molecule has 20 heavy (non-hydrogen) atoms. The number of hydrogen-bond donors (Lipinski definition) is 1. The summed E-state index contributed by atoms with van der Waals surface area (Å²) in [4.78, 5) is 0. The van der Waals surface area contributed by atoms with E-state index in [0.717, 1.165) is 45.7 Å². The molecule has 0 saturated heterocycles. The van der Waals surface area contributed by atoms with E-state index in [9.17, 15) is 0 Å². The van der Waals surface area contributed by atoms with Gasteiger partial charge in [0.05, 0.1) is 0 Å². The Kier molecular flexibility index (Phi) is 3.69. The summed E-state index contributed by atoms with van der Waals surface area (Å²) < 4.78 is 6.82. The van der Waals surface area contributed by atoms with Crippen molar-refractivity contribution < 1.29 is 4.42 Å². The van der Waals surface area contributed by atoms with E-state index in [1.54, 1.807) is 0 Å². The monoisotopic (exact) mass is 331 g/mol. The van der Waals surface area contributed by atoms with Gasteiger partial charge in [0.15, 0.2) is 5.76 Å². The first kappa shape index (κ1) is 13.1. The first-order valence-electron chi connectivity index (χ1n) is 6.53. The predicted octanol–water partition coefficient (Wildman–Crippen LogP) is 4.47. The van der Waals surface area contributed by atoms with E-state index in [0.29, 0.717) is 0 Å². The van der Waals surface area contributed by atoms with E-state index in [-0.39, 0.29) is 0 Å². The largest absolute Gasteiger partial charge is 0.454 e. The molecule has 0 radical (unpaired) electrons. The van der Waals surface area contributed by atoms with Crippen molar-refractivity contribution in [3.8, 4) is 11.5 Å². The molecular weight excluding hydrogens is 318 g/mol. The quantitative estimate of drug-likeness (QED) is 0.766. The molecule has 1 N–H and O–H groups in total. The molecule has 2 heterocycles. The van der Waals surface area contributed by atoms with Crippen LogP contribution in [0.5, 0.6) is 0 Å². The van der Waals surface area contributed by atoms with Crippen LogP contribution in [-0.2, 0) is 0 Å². The van der Waals surface area contributed by atoms with Crippen LogP contribution in [0.4, 0.5) is 5.82 Å². The lowest BCUT2D eigenvalue weighted by atomic mass is 10.2. The third kappa shape index (κ3) is 2.67. The number of halogens is 1. The highest BCUT2D eigenvalue weighted by Gasteiger charge is 2.08. The van der Waals surface area contributed by atoms with Gasteiger partial charge in [-0.15, -0.1) is 10.2 Å². The Morgan fingerprint density at radius 2 is 2.05 bits per heavy atom. The number of nitrogens with zero attached hydrogens (tertiary/aromatic N) is 2. The van der Waals surface area contributed by atoms with Crippen molar-refractivity contribution in [2.45, 2.75) is 13.3 Å². The van der Waals surface area contributed by atoms with Gasteiger partial charge in [0, 0.05) is 16.4 Å². The van der Waals surface area contributed by atoms with Gasteiger partial charge in [-0.1, -0.05) is 22.9 Å². The van der Waals surface area contributed by atoms with Crippen LogP contribution in [0.3, 0.4) is 0 Å². The van der Waals surface area contributed by atoms with Crippen molar-refractivity contribution >= 4 is 32.7 Å². The van der Waals surface area contributed by atoms with E-state index in [1.807, 2.05) is 36.4 Å². The summed E-state index contributed by atoms with van der Waals surface area (Å²) >= 11 is 3.45. The molecule has 0 bridgehead atoms. The Bertz CT molecular complexity index is 722. The van der Waals surface area contributed by atoms with Crippen LogP contribution >= 0.6 is 15.9 Å². The highest BCUT2D eigenvalue weighted by molar-refractivity contribution is 9.10. The lowest BCUT2D eigenvalue weighted by Gasteiger charge is -2.02. The molecule has 0 aliphatic rings. The number of furan rings is 1. The van der Waals surface area contributed by atoms with Crippen molar-refractivity contribution in [3.05, 3.63) is 40.9 Å². The van der Waals surface area contributed by atoms with Crippen molar-refractivity contribution in [3.63, 3.8) is 0 Å². The van der Waals surface area contributed by atoms with Gasteiger partial charge in [-0.3, -0.25) is 0 Å². The van der Waals surface area contributed by atoms with Gasteiger partial charge in [0.2, 0.25) is 0 Å². The number of rotatable bonds is 4. The molecular formula is C15H14BrN3O. The van der Waals surface area contributed by atoms with E-state index >= 15 is 0 Å². The third-order valence-corrected chi connectivity index (χ3v) is 3.44. The van der Waals surface area contributed by atoms with E-state index in [2.05, 4.69) is 38.4 Å². The second-order valence-corrected chi connectivity index (χ2v) is 5.44. The molecule has 3 aromatic rings. The lowest BCUT2D eigenvalue weighted by Crippen LogP contribution is -2.02. The fourth-order valence-corrected chi connectivity index (χ4v) is 2.33. The molecule has 3 rings (SSSR count). The zero-order valence-electron chi connectivity index (χ0n) is 11.1. The summed E-state index contributed by atoms with van der Waals surface area (Å²) in [6.45, 7) is 3.01. The number of aromatic nitrogens is 2. The number of hydrogen-bond acceptors (Lipinski definition) is 4. The van der Waals surface area contributed by atoms with Gasteiger partial charge in [-0.2, -0.15) is 0 Å². The maximum Gasteiger partial charge on any atom is 0.155 e. The predicted molar refractivity (Wildman–Crippen MR) is 83.7 cm³/mol. The fraction of sp³-hybridized carbons (Fsp3) is 0.200. The maximum atomic E-state index is 5.79. The van der Waals surface area contributed by atoms with Crippen molar-refractivity contribution in [2.24, 2.45) is 0 Å². The summed E-state index contributed by atoms with van der Waals surface area (Å²) in [6, 6.07) is 11.7. The zero-order valence-corrected chi connectivity index (χ0v) is 12.6. The topological polar surface area (TPSA) is 51.0 Å². The van der Waals surface area contributed by atoms with Crippen molar-refractivity contribution in [1.29, 1.82) is 0 Å². The third-order valence-electron chi connectivity index (χ3n) is 2.95. The Hall–Kier alpha value is -1.88. The van der Waals surface area contributed by atoms with Crippen LogP contribution in [0, 0.1) is 0 Å². The fourth-order valence-electron chi connectivity index (χ4n) is 1.95. The van der Waals surface area contributed by atoms with Crippen LogP contribution < -0.4 is 5.32 Å². The maximum absolute atomic E-state index is 5.79. The summed E-state index contributed by atoms with van der Waals surface area (Å²) in [6.07, 6.45) is 1.06. The molecule has 1 aromatic carbocycles. The van der Waals surface area contributed by atoms with Crippen molar-refractivity contribution in [2.75, 3.05) is 11.9 Å². The number of fused-ring (bicyclic) bond motifs is 1. The number of anilines is 1. The molecule has 0 spiro atoms. The van der Waals surface area contributed by atoms with E-state index in [4.69, 9.17) is 4.42 Å². The minimum atomic E-state index is 0.729. The Balaban J connectivity index is 1.90.